The molecular formula is C17H21F2N3O3S. The minimum atomic E-state index is -3.61. The molecule has 1 aliphatic rings. The maximum absolute atomic E-state index is 14.3. The molecule has 0 saturated heterocycles. The maximum atomic E-state index is 14.3. The molecule has 0 aromatic heterocycles. The van der Waals surface area contributed by atoms with Gasteiger partial charge in [0.15, 0.2) is 5.82 Å². The summed E-state index contributed by atoms with van der Waals surface area (Å²) in [7, 11) is -1.90. The molecule has 0 aliphatic carbocycles. The summed E-state index contributed by atoms with van der Waals surface area (Å²) in [5.41, 5.74) is 0.783. The number of para-hydroxylation sites is 2. The first-order valence-electron chi connectivity index (χ1n) is 8.09. The highest BCUT2D eigenvalue weighted by Crippen LogP contribution is 2.64. The van der Waals surface area contributed by atoms with Crippen LogP contribution in [0.15, 0.2) is 42.5 Å². The van der Waals surface area contributed by atoms with E-state index in [9.17, 15) is 23.0 Å². The van der Waals surface area contributed by atoms with E-state index >= 15 is 0 Å². The summed E-state index contributed by atoms with van der Waals surface area (Å²) in [6.07, 6.45) is -0.385. The third-order valence-corrected chi connectivity index (χ3v) is 6.00. The smallest absolute Gasteiger partial charge is 0.151 e. The zero-order valence-corrected chi connectivity index (χ0v) is 15.0. The summed E-state index contributed by atoms with van der Waals surface area (Å²) in [4.78, 5) is 0. The minimum Gasteiger partial charge on any atom is -0.392 e. The molecule has 9 heteroatoms. The van der Waals surface area contributed by atoms with Crippen molar-refractivity contribution in [3.8, 4) is 0 Å². The topological polar surface area (TPSA) is 79.2 Å². The minimum absolute atomic E-state index is 0.128. The van der Waals surface area contributed by atoms with Crippen LogP contribution in [0.5, 0.6) is 0 Å². The summed E-state index contributed by atoms with van der Waals surface area (Å²) in [6, 6.07) is 9.70. The Morgan fingerprint density at radius 2 is 1.77 bits per heavy atom. The van der Waals surface area contributed by atoms with Gasteiger partial charge in [-0.1, -0.05) is 12.1 Å². The number of hydrogen-bond donors (Lipinski definition) is 4. The standard InChI is InChI=1S/C17H21F2N3O3S/c1-20-11-13(23)8-9-21-16-4-2-3-5-17(16)22(26(21,24)25)15-7-6-12(18)10-14(15)19/h2-7,10,13,20,23-25H,8-9,11H2,1H3. The number of aliphatic hydroxyl groups excluding tert-OH is 1. The van der Waals surface area contributed by atoms with E-state index in [0.29, 0.717) is 24.0 Å². The highest BCUT2D eigenvalue weighted by Gasteiger charge is 2.42. The van der Waals surface area contributed by atoms with Crippen molar-refractivity contribution in [3.63, 3.8) is 0 Å². The van der Waals surface area contributed by atoms with E-state index in [0.717, 1.165) is 10.4 Å². The molecule has 2 aromatic carbocycles. The van der Waals surface area contributed by atoms with Crippen molar-refractivity contribution in [2.45, 2.75) is 12.5 Å². The maximum Gasteiger partial charge on any atom is 0.151 e. The Balaban J connectivity index is 1.99. The summed E-state index contributed by atoms with van der Waals surface area (Å²) < 4.78 is 51.7. The van der Waals surface area contributed by atoms with Crippen molar-refractivity contribution in [1.29, 1.82) is 0 Å². The van der Waals surface area contributed by atoms with Gasteiger partial charge in [0.25, 0.3) is 0 Å². The second-order valence-corrected chi connectivity index (χ2v) is 7.76. The van der Waals surface area contributed by atoms with E-state index in [-0.39, 0.29) is 18.7 Å². The van der Waals surface area contributed by atoms with Gasteiger partial charge in [0.2, 0.25) is 0 Å². The molecule has 0 radical (unpaired) electrons. The van der Waals surface area contributed by atoms with Crippen molar-refractivity contribution >= 4 is 28.0 Å². The van der Waals surface area contributed by atoms with Crippen LogP contribution in [0.4, 0.5) is 25.8 Å². The van der Waals surface area contributed by atoms with Crippen LogP contribution in [0.3, 0.4) is 0 Å². The lowest BCUT2D eigenvalue weighted by Gasteiger charge is -2.44. The van der Waals surface area contributed by atoms with Crippen molar-refractivity contribution in [2.24, 2.45) is 0 Å². The monoisotopic (exact) mass is 385 g/mol. The van der Waals surface area contributed by atoms with Gasteiger partial charge < -0.3 is 10.4 Å². The zero-order valence-electron chi connectivity index (χ0n) is 14.1. The van der Waals surface area contributed by atoms with Gasteiger partial charge in [-0.15, -0.1) is 0 Å². The molecule has 1 heterocycles. The Hall–Kier alpha value is -1.91. The third-order valence-electron chi connectivity index (χ3n) is 4.14. The van der Waals surface area contributed by atoms with E-state index in [1.165, 1.54) is 10.4 Å². The molecule has 1 atom stereocenters. The van der Waals surface area contributed by atoms with Crippen LogP contribution < -0.4 is 13.9 Å². The van der Waals surface area contributed by atoms with Crippen LogP contribution in [0.25, 0.3) is 0 Å². The molecular weight excluding hydrogens is 364 g/mol. The number of nitrogens with zero attached hydrogens (tertiary/aromatic N) is 2. The molecule has 0 saturated carbocycles. The van der Waals surface area contributed by atoms with Crippen molar-refractivity contribution in [2.75, 3.05) is 28.7 Å². The van der Waals surface area contributed by atoms with E-state index in [1.54, 1.807) is 31.3 Å². The number of fused-ring (bicyclic) bond motifs is 1. The first-order valence-corrected chi connectivity index (χ1v) is 9.55. The summed E-state index contributed by atoms with van der Waals surface area (Å²) in [6.45, 7) is 0.520. The molecule has 0 bridgehead atoms. The van der Waals surface area contributed by atoms with Gasteiger partial charge in [-0.2, -0.15) is 0 Å². The number of hydrogen-bond acceptors (Lipinski definition) is 6. The second kappa shape index (κ2) is 7.37. The van der Waals surface area contributed by atoms with Crippen LogP contribution in [-0.4, -0.2) is 40.5 Å². The average Bonchev–Trinajstić information content (AvgIpc) is 2.80. The van der Waals surface area contributed by atoms with Gasteiger partial charge in [0.1, 0.15) is 11.5 Å². The predicted octanol–water partition coefficient (Wildman–Crippen LogP) is 3.47. The number of likely N-dealkylation sites (N-methyl/N-ethyl adjacent to an activating group) is 1. The molecule has 4 N–H and O–H groups in total. The molecule has 2 aromatic rings. The lowest BCUT2D eigenvalue weighted by molar-refractivity contribution is 0.167. The SMILES string of the molecule is CNCC(O)CCN1c2ccccc2N(c2ccc(F)cc2F)S1(O)O. The van der Waals surface area contributed by atoms with Gasteiger partial charge in [0, 0.05) is 19.2 Å². The van der Waals surface area contributed by atoms with Gasteiger partial charge in [-0.05, 0) is 48.7 Å². The Morgan fingerprint density at radius 1 is 1.08 bits per heavy atom. The number of aliphatic hydroxyl groups is 1. The summed E-state index contributed by atoms with van der Waals surface area (Å²) in [5, 5.41) is 12.8. The molecule has 1 aliphatic heterocycles. The number of rotatable bonds is 6. The molecule has 0 amide bonds. The Bertz CT molecular complexity index is 794. The normalized spacial score (nSPS) is 17.9. The van der Waals surface area contributed by atoms with Crippen LogP contribution in [0.2, 0.25) is 0 Å². The van der Waals surface area contributed by atoms with E-state index in [1.807, 2.05) is 0 Å². The van der Waals surface area contributed by atoms with Crippen molar-refractivity contribution in [1.82, 2.24) is 5.32 Å². The third kappa shape index (κ3) is 3.36. The predicted molar refractivity (Wildman–Crippen MR) is 99.7 cm³/mol. The summed E-state index contributed by atoms with van der Waals surface area (Å²) >= 11 is 0. The highest BCUT2D eigenvalue weighted by atomic mass is 32.3. The number of nitrogens with one attached hydrogen (secondary N) is 1. The molecule has 142 valence electrons. The number of benzene rings is 2. The highest BCUT2D eigenvalue weighted by molar-refractivity contribution is 8.27. The Labute approximate surface area is 152 Å². The molecule has 0 spiro atoms. The van der Waals surface area contributed by atoms with Crippen LogP contribution in [-0.2, 0) is 0 Å². The number of anilines is 3. The van der Waals surface area contributed by atoms with Crippen LogP contribution in [0, 0.1) is 11.6 Å². The largest absolute Gasteiger partial charge is 0.392 e. The molecule has 1 unspecified atom stereocenters. The van der Waals surface area contributed by atoms with Crippen molar-refractivity contribution in [3.05, 3.63) is 54.1 Å². The average molecular weight is 385 g/mol. The van der Waals surface area contributed by atoms with E-state index in [4.69, 9.17) is 0 Å². The fourth-order valence-corrected chi connectivity index (χ4v) is 4.76. The van der Waals surface area contributed by atoms with Gasteiger partial charge in [-0.25, -0.2) is 13.1 Å². The fraction of sp³-hybridized carbons (Fsp3) is 0.294. The van der Waals surface area contributed by atoms with Crippen molar-refractivity contribution < 1.29 is 23.0 Å². The fourth-order valence-electron chi connectivity index (χ4n) is 2.96. The first kappa shape index (κ1) is 18.9. The van der Waals surface area contributed by atoms with E-state index in [2.05, 4.69) is 5.32 Å². The van der Waals surface area contributed by atoms with E-state index < -0.39 is 28.7 Å². The lowest BCUT2D eigenvalue weighted by Crippen LogP contribution is -2.35. The molecule has 6 nitrogen and oxygen atoms in total. The number of halogens is 2. The molecule has 0 fully saturated rings. The zero-order chi connectivity index (χ0) is 18.9. The first-order chi connectivity index (χ1) is 12.4. The quantitative estimate of drug-likeness (QED) is 0.610. The Morgan fingerprint density at radius 3 is 2.42 bits per heavy atom. The lowest BCUT2D eigenvalue weighted by atomic mass is 10.2. The Kier molecular flexibility index (Phi) is 5.35. The summed E-state index contributed by atoms with van der Waals surface area (Å²) in [5.74, 6) is -1.64. The van der Waals surface area contributed by atoms with Gasteiger partial charge >= 0.3 is 0 Å². The van der Waals surface area contributed by atoms with Crippen LogP contribution in [0.1, 0.15) is 6.42 Å². The molecule has 26 heavy (non-hydrogen) atoms. The van der Waals surface area contributed by atoms with Gasteiger partial charge in [-0.3, -0.25) is 13.4 Å². The van der Waals surface area contributed by atoms with Crippen LogP contribution >= 0.6 is 11.0 Å². The second-order valence-electron chi connectivity index (χ2n) is 5.97. The van der Waals surface area contributed by atoms with Gasteiger partial charge in [0.05, 0.1) is 17.5 Å². The molecule has 3 rings (SSSR count).